The highest BCUT2D eigenvalue weighted by atomic mass is 16.5. The van der Waals surface area contributed by atoms with E-state index >= 15 is 0 Å². The number of esters is 1. The van der Waals surface area contributed by atoms with E-state index in [2.05, 4.69) is 20.8 Å². The molecule has 2 heteroatoms. The second kappa shape index (κ2) is 8.23. The normalized spacial score (nSPS) is 43.1. The first-order valence-electron chi connectivity index (χ1n) is 11.5. The minimum atomic E-state index is -0.0377. The van der Waals surface area contributed by atoms with Gasteiger partial charge in [0, 0.05) is 6.42 Å². The molecule has 0 spiro atoms. The van der Waals surface area contributed by atoms with E-state index in [4.69, 9.17) is 4.74 Å². The molecule has 0 aromatic rings. The lowest BCUT2D eigenvalue weighted by Gasteiger charge is -2.53. The molecule has 6 atom stereocenters. The van der Waals surface area contributed by atoms with Crippen LogP contribution in [0.5, 0.6) is 0 Å². The van der Waals surface area contributed by atoms with Gasteiger partial charge in [-0.15, -0.1) is 0 Å². The van der Waals surface area contributed by atoms with Crippen molar-refractivity contribution in [3.8, 4) is 0 Å². The van der Waals surface area contributed by atoms with Crippen LogP contribution in [0.4, 0.5) is 0 Å². The van der Waals surface area contributed by atoms with Crippen molar-refractivity contribution in [3.63, 3.8) is 0 Å². The second-order valence-electron chi connectivity index (χ2n) is 10.3. The molecular weight excluding hydrogens is 320 g/mol. The molecule has 3 rings (SSSR count). The van der Waals surface area contributed by atoms with Crippen molar-refractivity contribution in [1.29, 1.82) is 0 Å². The molecule has 0 bridgehead atoms. The molecule has 0 aliphatic heterocycles. The third-order valence-corrected chi connectivity index (χ3v) is 9.37. The number of fused-ring (bicyclic) bond motifs is 1. The van der Waals surface area contributed by atoms with Crippen LogP contribution in [-0.4, -0.2) is 13.1 Å². The topological polar surface area (TPSA) is 26.3 Å². The standard InChI is InChI=1S/C24H42O2/c1-5-18-9-6-7-15-23(18,2)21-14-16-24(3)19(12-13-20(24)17-21)10-8-11-22(25)26-4/h18-21H,5-17H2,1-4H3. The van der Waals surface area contributed by atoms with E-state index in [1.807, 2.05) is 0 Å². The zero-order chi connectivity index (χ0) is 18.8. The molecule has 6 unspecified atom stereocenters. The number of hydrogen-bond acceptors (Lipinski definition) is 2. The van der Waals surface area contributed by atoms with Gasteiger partial charge in [0.05, 0.1) is 7.11 Å². The predicted molar refractivity (Wildman–Crippen MR) is 108 cm³/mol. The molecule has 3 aliphatic carbocycles. The van der Waals surface area contributed by atoms with Crippen LogP contribution in [0.3, 0.4) is 0 Å². The van der Waals surface area contributed by atoms with Crippen LogP contribution in [0.25, 0.3) is 0 Å². The lowest BCUT2D eigenvalue weighted by molar-refractivity contribution is -0.140. The number of carbonyl (C=O) groups is 1. The Bertz CT molecular complexity index is 487. The van der Waals surface area contributed by atoms with E-state index in [-0.39, 0.29) is 5.97 Å². The Kier molecular flexibility index (Phi) is 6.40. The molecule has 2 nitrogen and oxygen atoms in total. The van der Waals surface area contributed by atoms with Gasteiger partial charge >= 0.3 is 5.97 Å². The smallest absolute Gasteiger partial charge is 0.305 e. The first-order chi connectivity index (χ1) is 12.4. The number of rotatable bonds is 6. The van der Waals surface area contributed by atoms with Crippen molar-refractivity contribution in [2.75, 3.05) is 7.11 Å². The van der Waals surface area contributed by atoms with Crippen molar-refractivity contribution < 1.29 is 9.53 Å². The minimum Gasteiger partial charge on any atom is -0.469 e. The maximum atomic E-state index is 11.4. The van der Waals surface area contributed by atoms with E-state index in [1.54, 1.807) is 0 Å². The van der Waals surface area contributed by atoms with Gasteiger partial charge in [0.25, 0.3) is 0 Å². The van der Waals surface area contributed by atoms with Gasteiger partial charge in [-0.05, 0) is 92.3 Å². The Morgan fingerprint density at radius 1 is 0.962 bits per heavy atom. The number of methoxy groups -OCH3 is 1. The molecule has 0 amide bonds. The second-order valence-corrected chi connectivity index (χ2v) is 10.3. The highest BCUT2D eigenvalue weighted by Gasteiger charge is 2.52. The summed E-state index contributed by atoms with van der Waals surface area (Å²) in [7, 11) is 1.51. The van der Waals surface area contributed by atoms with E-state index in [9.17, 15) is 4.79 Å². The Hall–Kier alpha value is -0.530. The van der Waals surface area contributed by atoms with Crippen molar-refractivity contribution >= 4 is 5.97 Å². The Balaban J connectivity index is 1.60. The molecule has 0 heterocycles. The zero-order valence-corrected chi connectivity index (χ0v) is 17.8. The van der Waals surface area contributed by atoms with E-state index in [0.717, 1.165) is 30.1 Å². The first kappa shape index (κ1) is 20.2. The average molecular weight is 363 g/mol. The molecule has 26 heavy (non-hydrogen) atoms. The Morgan fingerprint density at radius 2 is 1.69 bits per heavy atom. The molecule has 0 radical (unpaired) electrons. The van der Waals surface area contributed by atoms with Crippen LogP contribution in [0, 0.1) is 34.5 Å². The van der Waals surface area contributed by atoms with Gasteiger partial charge in [-0.1, -0.05) is 40.0 Å². The number of hydrogen-bond donors (Lipinski definition) is 0. The summed E-state index contributed by atoms with van der Waals surface area (Å²) in [5.74, 6) is 3.65. The summed E-state index contributed by atoms with van der Waals surface area (Å²) in [5, 5.41) is 0. The first-order valence-corrected chi connectivity index (χ1v) is 11.5. The molecule has 0 aromatic carbocycles. The third kappa shape index (κ3) is 3.72. The molecule has 0 N–H and O–H groups in total. The Morgan fingerprint density at radius 3 is 2.42 bits per heavy atom. The molecule has 3 fully saturated rings. The molecule has 3 saturated carbocycles. The Labute approximate surface area is 161 Å². The maximum absolute atomic E-state index is 11.4. The summed E-state index contributed by atoms with van der Waals surface area (Å²) in [6, 6.07) is 0. The summed E-state index contributed by atoms with van der Waals surface area (Å²) < 4.78 is 4.82. The van der Waals surface area contributed by atoms with Gasteiger partial charge < -0.3 is 4.74 Å². The SMILES string of the molecule is CCC1CCCCC1(C)C1CCC2(C)C(CCCC(=O)OC)CCC2C1. The van der Waals surface area contributed by atoms with Gasteiger partial charge in [0.15, 0.2) is 0 Å². The van der Waals surface area contributed by atoms with Gasteiger partial charge in [-0.3, -0.25) is 4.79 Å². The van der Waals surface area contributed by atoms with Crippen molar-refractivity contribution in [2.24, 2.45) is 34.5 Å². The van der Waals surface area contributed by atoms with Crippen LogP contribution in [0.15, 0.2) is 0 Å². The largest absolute Gasteiger partial charge is 0.469 e. The van der Waals surface area contributed by atoms with Crippen LogP contribution in [0.1, 0.15) is 104 Å². The molecule has 0 aromatic heterocycles. The fraction of sp³-hybridized carbons (Fsp3) is 0.958. The van der Waals surface area contributed by atoms with Gasteiger partial charge in [-0.25, -0.2) is 0 Å². The summed E-state index contributed by atoms with van der Waals surface area (Å²) in [4.78, 5) is 11.4. The van der Waals surface area contributed by atoms with Crippen molar-refractivity contribution in [1.82, 2.24) is 0 Å². The van der Waals surface area contributed by atoms with Crippen LogP contribution in [-0.2, 0) is 9.53 Å². The van der Waals surface area contributed by atoms with Gasteiger partial charge in [0.2, 0.25) is 0 Å². The fourth-order valence-corrected chi connectivity index (χ4v) is 7.44. The molecule has 150 valence electrons. The maximum Gasteiger partial charge on any atom is 0.305 e. The molecule has 3 aliphatic rings. The minimum absolute atomic E-state index is 0.0377. The average Bonchev–Trinajstić information content (AvgIpc) is 2.97. The van der Waals surface area contributed by atoms with E-state index < -0.39 is 0 Å². The van der Waals surface area contributed by atoms with Gasteiger partial charge in [-0.2, -0.15) is 0 Å². The zero-order valence-electron chi connectivity index (χ0n) is 17.8. The van der Waals surface area contributed by atoms with Crippen molar-refractivity contribution in [3.05, 3.63) is 0 Å². The van der Waals surface area contributed by atoms with Crippen LogP contribution < -0.4 is 0 Å². The summed E-state index contributed by atoms with van der Waals surface area (Å²) >= 11 is 0. The van der Waals surface area contributed by atoms with E-state index in [1.165, 1.54) is 77.7 Å². The number of ether oxygens (including phenoxy) is 1. The lowest BCUT2D eigenvalue weighted by atomic mass is 9.52. The quantitative estimate of drug-likeness (QED) is 0.487. The fourth-order valence-electron chi connectivity index (χ4n) is 7.44. The molecular formula is C24H42O2. The van der Waals surface area contributed by atoms with Crippen LogP contribution in [0.2, 0.25) is 0 Å². The summed E-state index contributed by atoms with van der Waals surface area (Å²) in [6.07, 6.45) is 17.3. The predicted octanol–water partition coefficient (Wildman–Crippen LogP) is 6.77. The summed E-state index contributed by atoms with van der Waals surface area (Å²) in [5.41, 5.74) is 1.15. The summed E-state index contributed by atoms with van der Waals surface area (Å²) in [6.45, 7) is 7.66. The van der Waals surface area contributed by atoms with Crippen molar-refractivity contribution in [2.45, 2.75) is 104 Å². The van der Waals surface area contributed by atoms with E-state index in [0.29, 0.717) is 17.3 Å². The number of carbonyl (C=O) groups excluding carboxylic acids is 1. The molecule has 0 saturated heterocycles. The highest BCUT2D eigenvalue weighted by molar-refractivity contribution is 5.68. The monoisotopic (exact) mass is 362 g/mol. The third-order valence-electron chi connectivity index (χ3n) is 9.37. The highest BCUT2D eigenvalue weighted by Crippen LogP contribution is 2.62. The van der Waals surface area contributed by atoms with Crippen LogP contribution >= 0.6 is 0 Å². The lowest BCUT2D eigenvalue weighted by Crippen LogP contribution is -2.44. The van der Waals surface area contributed by atoms with Gasteiger partial charge in [0.1, 0.15) is 0 Å².